The maximum Gasteiger partial charge on any atom is 0.270 e. The molecule has 0 saturated carbocycles. The van der Waals surface area contributed by atoms with Crippen LogP contribution in [0.4, 0.5) is 10.1 Å². The standard InChI is InChI=1S/C21H19FN2O4S/c1-3-27-17-9-8-13(11-18(17)28-4-2)10-16-19(25)23-21(29)24(20(16)26)15-7-5-6-14(22)12-15/h5-12H,3-4H2,1-2H3,(H,23,25,29)/b16-10+. The first-order valence-electron chi connectivity index (χ1n) is 9.01. The molecule has 150 valence electrons. The molecule has 6 nitrogen and oxygen atoms in total. The lowest BCUT2D eigenvalue weighted by molar-refractivity contribution is -0.122. The lowest BCUT2D eigenvalue weighted by Gasteiger charge is -2.28. The summed E-state index contributed by atoms with van der Waals surface area (Å²) in [6, 6.07) is 10.5. The Kier molecular flexibility index (Phi) is 6.23. The van der Waals surface area contributed by atoms with Crippen molar-refractivity contribution in [3.05, 3.63) is 59.4 Å². The molecule has 2 aromatic rings. The smallest absolute Gasteiger partial charge is 0.270 e. The second-order valence-electron chi connectivity index (χ2n) is 6.01. The van der Waals surface area contributed by atoms with Crippen LogP contribution in [0.5, 0.6) is 11.5 Å². The highest BCUT2D eigenvalue weighted by Gasteiger charge is 2.34. The van der Waals surface area contributed by atoms with Crippen molar-refractivity contribution >= 4 is 40.9 Å². The number of hydrogen-bond acceptors (Lipinski definition) is 5. The van der Waals surface area contributed by atoms with Crippen LogP contribution in [-0.2, 0) is 9.59 Å². The number of carbonyl (C=O) groups excluding carboxylic acids is 2. The first kappa shape index (κ1) is 20.5. The zero-order valence-corrected chi connectivity index (χ0v) is 16.7. The Morgan fingerprint density at radius 2 is 1.79 bits per heavy atom. The van der Waals surface area contributed by atoms with Crippen molar-refractivity contribution in [2.75, 3.05) is 18.1 Å². The molecule has 29 heavy (non-hydrogen) atoms. The second-order valence-corrected chi connectivity index (χ2v) is 6.40. The van der Waals surface area contributed by atoms with Crippen molar-refractivity contribution in [3.63, 3.8) is 0 Å². The number of ether oxygens (including phenoxy) is 2. The van der Waals surface area contributed by atoms with Crippen LogP contribution >= 0.6 is 12.2 Å². The average molecular weight is 414 g/mol. The summed E-state index contributed by atoms with van der Waals surface area (Å²) < 4.78 is 24.7. The van der Waals surface area contributed by atoms with Crippen LogP contribution < -0.4 is 19.7 Å². The minimum Gasteiger partial charge on any atom is -0.490 e. The normalized spacial score (nSPS) is 15.5. The number of amides is 2. The van der Waals surface area contributed by atoms with Crippen molar-refractivity contribution in [1.82, 2.24) is 5.32 Å². The summed E-state index contributed by atoms with van der Waals surface area (Å²) in [5, 5.41) is 2.36. The molecule has 2 amide bonds. The lowest BCUT2D eigenvalue weighted by Crippen LogP contribution is -2.54. The van der Waals surface area contributed by atoms with Gasteiger partial charge >= 0.3 is 0 Å². The summed E-state index contributed by atoms with van der Waals surface area (Å²) in [4.78, 5) is 26.5. The van der Waals surface area contributed by atoms with Gasteiger partial charge in [0.05, 0.1) is 18.9 Å². The van der Waals surface area contributed by atoms with Crippen molar-refractivity contribution in [2.45, 2.75) is 13.8 Å². The van der Waals surface area contributed by atoms with Gasteiger partial charge in [-0.15, -0.1) is 0 Å². The molecule has 0 radical (unpaired) electrons. The number of rotatable bonds is 6. The molecule has 1 fully saturated rings. The molecule has 8 heteroatoms. The van der Waals surface area contributed by atoms with Crippen LogP contribution in [0.1, 0.15) is 19.4 Å². The van der Waals surface area contributed by atoms with Gasteiger partial charge in [-0.05, 0) is 68.0 Å². The number of anilines is 1. The van der Waals surface area contributed by atoms with Crippen molar-refractivity contribution < 1.29 is 23.5 Å². The van der Waals surface area contributed by atoms with E-state index in [1.165, 1.54) is 30.3 Å². The highest BCUT2D eigenvalue weighted by atomic mass is 32.1. The summed E-state index contributed by atoms with van der Waals surface area (Å²) in [6.45, 7) is 4.61. The summed E-state index contributed by atoms with van der Waals surface area (Å²) in [5.74, 6) is -0.715. The van der Waals surface area contributed by atoms with Crippen LogP contribution in [0, 0.1) is 5.82 Å². The molecule has 2 aromatic carbocycles. The van der Waals surface area contributed by atoms with E-state index in [0.29, 0.717) is 30.3 Å². The molecular formula is C21H19FN2O4S. The maximum atomic E-state index is 13.6. The van der Waals surface area contributed by atoms with Gasteiger partial charge in [0.2, 0.25) is 0 Å². The zero-order chi connectivity index (χ0) is 21.0. The molecule has 0 atom stereocenters. The van der Waals surface area contributed by atoms with Gasteiger partial charge in [0.25, 0.3) is 11.8 Å². The van der Waals surface area contributed by atoms with Gasteiger partial charge in [0.1, 0.15) is 11.4 Å². The summed E-state index contributed by atoms with van der Waals surface area (Å²) >= 11 is 5.11. The number of nitrogens with one attached hydrogen (secondary N) is 1. The summed E-state index contributed by atoms with van der Waals surface area (Å²) in [5.41, 5.74) is 0.671. The molecule has 0 bridgehead atoms. The third-order valence-electron chi connectivity index (χ3n) is 4.05. The fourth-order valence-corrected chi connectivity index (χ4v) is 3.11. The molecule has 1 aliphatic heterocycles. The minimum atomic E-state index is -0.642. The number of halogens is 1. The number of thiocarbonyl (C=S) groups is 1. The molecule has 3 rings (SSSR count). The number of benzene rings is 2. The molecular weight excluding hydrogens is 395 g/mol. The molecule has 1 aliphatic rings. The predicted octanol–water partition coefficient (Wildman–Crippen LogP) is 3.45. The van der Waals surface area contributed by atoms with E-state index >= 15 is 0 Å². The first-order chi connectivity index (χ1) is 13.9. The lowest BCUT2D eigenvalue weighted by atomic mass is 10.1. The quantitative estimate of drug-likeness (QED) is 0.446. The van der Waals surface area contributed by atoms with Crippen LogP contribution in [0.15, 0.2) is 48.0 Å². The van der Waals surface area contributed by atoms with Gasteiger partial charge in [-0.25, -0.2) is 4.39 Å². The van der Waals surface area contributed by atoms with E-state index in [2.05, 4.69) is 5.32 Å². The van der Waals surface area contributed by atoms with E-state index in [9.17, 15) is 14.0 Å². The fraction of sp³-hybridized carbons (Fsp3) is 0.190. The monoisotopic (exact) mass is 414 g/mol. The van der Waals surface area contributed by atoms with Crippen LogP contribution in [0.3, 0.4) is 0 Å². The van der Waals surface area contributed by atoms with E-state index in [-0.39, 0.29) is 16.4 Å². The van der Waals surface area contributed by atoms with Gasteiger partial charge in [0.15, 0.2) is 16.6 Å². The molecule has 1 saturated heterocycles. The second kappa shape index (κ2) is 8.83. The topological polar surface area (TPSA) is 67.9 Å². The van der Waals surface area contributed by atoms with E-state index in [4.69, 9.17) is 21.7 Å². The van der Waals surface area contributed by atoms with Crippen molar-refractivity contribution in [3.8, 4) is 11.5 Å². The van der Waals surface area contributed by atoms with Crippen LogP contribution in [0.25, 0.3) is 6.08 Å². The molecule has 0 unspecified atom stereocenters. The molecule has 0 spiro atoms. The average Bonchev–Trinajstić information content (AvgIpc) is 2.67. The summed E-state index contributed by atoms with van der Waals surface area (Å²) in [7, 11) is 0. The summed E-state index contributed by atoms with van der Waals surface area (Å²) in [6.07, 6.45) is 1.43. The fourth-order valence-electron chi connectivity index (χ4n) is 2.83. The van der Waals surface area contributed by atoms with E-state index in [1.54, 1.807) is 18.2 Å². The van der Waals surface area contributed by atoms with Crippen molar-refractivity contribution in [1.29, 1.82) is 0 Å². The third-order valence-corrected chi connectivity index (χ3v) is 4.33. The highest BCUT2D eigenvalue weighted by Crippen LogP contribution is 2.30. The van der Waals surface area contributed by atoms with E-state index in [0.717, 1.165) is 4.90 Å². The van der Waals surface area contributed by atoms with Gasteiger partial charge < -0.3 is 9.47 Å². The first-order valence-corrected chi connectivity index (χ1v) is 9.42. The predicted molar refractivity (Wildman–Crippen MR) is 111 cm³/mol. The number of nitrogens with zero attached hydrogens (tertiary/aromatic N) is 1. The number of carbonyl (C=O) groups is 2. The van der Waals surface area contributed by atoms with Crippen molar-refractivity contribution in [2.24, 2.45) is 0 Å². The van der Waals surface area contributed by atoms with Gasteiger partial charge in [-0.2, -0.15) is 0 Å². The zero-order valence-electron chi connectivity index (χ0n) is 15.9. The molecule has 0 aromatic heterocycles. The number of hydrogen-bond donors (Lipinski definition) is 1. The van der Waals surface area contributed by atoms with E-state index in [1.807, 2.05) is 13.8 Å². The van der Waals surface area contributed by atoms with Gasteiger partial charge in [-0.1, -0.05) is 12.1 Å². The molecule has 1 N–H and O–H groups in total. The SMILES string of the molecule is CCOc1ccc(/C=C2\C(=O)NC(=S)N(c3cccc(F)c3)C2=O)cc1OCC. The van der Waals surface area contributed by atoms with Gasteiger partial charge in [-0.3, -0.25) is 19.8 Å². The van der Waals surface area contributed by atoms with Crippen LogP contribution in [0.2, 0.25) is 0 Å². The van der Waals surface area contributed by atoms with Crippen LogP contribution in [-0.4, -0.2) is 30.1 Å². The Labute approximate surface area is 172 Å². The highest BCUT2D eigenvalue weighted by molar-refractivity contribution is 7.80. The third kappa shape index (κ3) is 4.43. The maximum absolute atomic E-state index is 13.6. The van der Waals surface area contributed by atoms with Gasteiger partial charge in [0, 0.05) is 0 Å². The molecule has 0 aliphatic carbocycles. The minimum absolute atomic E-state index is 0.107. The van der Waals surface area contributed by atoms with E-state index < -0.39 is 17.6 Å². The Bertz CT molecular complexity index is 1010. The Hall–Kier alpha value is -3.26. The largest absolute Gasteiger partial charge is 0.490 e. The molecule has 1 heterocycles. The Balaban J connectivity index is 1.99. The Morgan fingerprint density at radius 3 is 2.48 bits per heavy atom. The Morgan fingerprint density at radius 1 is 1.07 bits per heavy atom.